The fourth-order valence-corrected chi connectivity index (χ4v) is 0.354. The standard InChI is InChI=1S/C3H7NO2Se/c4-2(1-7)3(5)6/h2,7H,1,4H2,(H,5,6)/p-2/t2-/m0/s1. The molecule has 0 aliphatic heterocycles. The molecule has 0 aromatic heterocycles. The summed E-state index contributed by atoms with van der Waals surface area (Å²) in [5.74, 6) is -1.21. The normalized spacial score (nSPS) is 13.4. The van der Waals surface area contributed by atoms with Gasteiger partial charge in [-0.2, -0.15) is 0 Å². The van der Waals surface area contributed by atoms with Crippen LogP contribution >= 0.6 is 0 Å². The molecule has 3 nitrogen and oxygen atoms in total. The van der Waals surface area contributed by atoms with Gasteiger partial charge >= 0.3 is 49.0 Å². The van der Waals surface area contributed by atoms with Gasteiger partial charge in [0.2, 0.25) is 0 Å². The van der Waals surface area contributed by atoms with Crippen LogP contribution in [0.2, 0.25) is 5.32 Å². The number of rotatable bonds is 2. The molecule has 4 heteroatoms. The van der Waals surface area contributed by atoms with Crippen molar-refractivity contribution in [3.63, 3.8) is 0 Å². The van der Waals surface area contributed by atoms with E-state index in [-0.39, 0.29) is 0 Å². The third-order valence-electron chi connectivity index (χ3n) is 0.482. The van der Waals surface area contributed by atoms with Gasteiger partial charge in [0.1, 0.15) is 0 Å². The molecule has 0 aromatic rings. The van der Waals surface area contributed by atoms with Gasteiger partial charge in [-0.25, -0.2) is 0 Å². The van der Waals surface area contributed by atoms with Crippen molar-refractivity contribution in [2.24, 2.45) is 5.73 Å². The molecule has 0 heterocycles. The second-order valence-electron chi connectivity index (χ2n) is 1.09. The van der Waals surface area contributed by atoms with E-state index in [1.54, 1.807) is 0 Å². The first-order valence-electron chi connectivity index (χ1n) is 1.73. The van der Waals surface area contributed by atoms with Crippen LogP contribution in [0.5, 0.6) is 0 Å². The monoisotopic (exact) mass is 167 g/mol. The molecule has 0 aliphatic carbocycles. The molecule has 0 spiro atoms. The van der Waals surface area contributed by atoms with E-state index in [1.165, 1.54) is 0 Å². The molecule has 0 saturated carbocycles. The topological polar surface area (TPSA) is 66.2 Å². The van der Waals surface area contributed by atoms with Crippen LogP contribution in [0.4, 0.5) is 0 Å². The summed E-state index contributed by atoms with van der Waals surface area (Å²) < 4.78 is 0. The number of nitrogens with two attached hydrogens (primary N) is 1. The van der Waals surface area contributed by atoms with Crippen molar-refractivity contribution in [1.29, 1.82) is 0 Å². The van der Waals surface area contributed by atoms with Gasteiger partial charge in [0, 0.05) is 0 Å². The summed E-state index contributed by atoms with van der Waals surface area (Å²) >= 11 is 2.48. The molecule has 7 heavy (non-hydrogen) atoms. The third-order valence-corrected chi connectivity index (χ3v) is 1.24. The van der Waals surface area contributed by atoms with Gasteiger partial charge in [0.25, 0.3) is 0 Å². The molecule has 42 valence electrons. The Bertz CT molecular complexity index is 75.3. The Kier molecular flexibility index (Phi) is 3.00. The maximum absolute atomic E-state index is 9.67. The van der Waals surface area contributed by atoms with Crippen LogP contribution in [0.1, 0.15) is 0 Å². The average molecular weight is 166 g/mol. The van der Waals surface area contributed by atoms with Gasteiger partial charge in [0.05, 0.1) is 0 Å². The van der Waals surface area contributed by atoms with E-state index < -0.39 is 12.0 Å². The summed E-state index contributed by atoms with van der Waals surface area (Å²) in [7, 11) is 0. The van der Waals surface area contributed by atoms with Crippen molar-refractivity contribution in [3.05, 3.63) is 0 Å². The molecular formula is C3H5NO2Se-2. The summed E-state index contributed by atoms with van der Waals surface area (Å²) in [6.45, 7) is 0. The van der Waals surface area contributed by atoms with E-state index >= 15 is 0 Å². The van der Waals surface area contributed by atoms with Crippen molar-refractivity contribution in [2.75, 3.05) is 0 Å². The summed E-state index contributed by atoms with van der Waals surface area (Å²) in [6, 6.07) is -0.847. The summed E-state index contributed by atoms with van der Waals surface area (Å²) in [6.07, 6.45) is 0. The van der Waals surface area contributed by atoms with Crippen LogP contribution < -0.4 is 10.8 Å². The van der Waals surface area contributed by atoms with Crippen LogP contribution in [0.15, 0.2) is 0 Å². The van der Waals surface area contributed by atoms with E-state index in [4.69, 9.17) is 5.73 Å². The van der Waals surface area contributed by atoms with Crippen LogP contribution in [-0.2, 0) is 4.79 Å². The van der Waals surface area contributed by atoms with Crippen molar-refractivity contribution in [3.8, 4) is 0 Å². The first-order valence-corrected chi connectivity index (χ1v) is 2.94. The van der Waals surface area contributed by atoms with Gasteiger partial charge in [0.15, 0.2) is 0 Å². The Labute approximate surface area is 49.7 Å². The Balaban J connectivity index is 3.34. The van der Waals surface area contributed by atoms with Gasteiger partial charge in [-0.3, -0.25) is 0 Å². The number of hydrogen-bond acceptors (Lipinski definition) is 3. The molecular weight excluding hydrogens is 161 g/mol. The molecule has 0 saturated heterocycles. The SMILES string of the molecule is N[C@@H](C[Se-])C(=O)[O-]. The Morgan fingerprint density at radius 1 is 2.00 bits per heavy atom. The van der Waals surface area contributed by atoms with E-state index in [0.717, 1.165) is 0 Å². The zero-order valence-electron chi connectivity index (χ0n) is 3.59. The van der Waals surface area contributed by atoms with Crippen molar-refractivity contribution in [2.45, 2.75) is 11.4 Å². The molecule has 0 radical (unpaired) electrons. The molecule has 0 unspecified atom stereocenters. The number of carbonyl (C=O) groups excluding carboxylic acids is 1. The van der Waals surface area contributed by atoms with Gasteiger partial charge in [-0.15, -0.1) is 0 Å². The molecule has 1 atom stereocenters. The van der Waals surface area contributed by atoms with Crippen molar-refractivity contribution in [1.82, 2.24) is 0 Å². The van der Waals surface area contributed by atoms with Crippen LogP contribution in [0.25, 0.3) is 0 Å². The maximum atomic E-state index is 9.67. The quantitative estimate of drug-likeness (QED) is 0.467. The fraction of sp³-hybridized carbons (Fsp3) is 0.667. The fourth-order valence-electron chi connectivity index (χ4n) is 0.0680. The van der Waals surface area contributed by atoms with Crippen molar-refractivity contribution < 1.29 is 9.90 Å². The van der Waals surface area contributed by atoms with Crippen LogP contribution in [-0.4, -0.2) is 28.0 Å². The second-order valence-corrected chi connectivity index (χ2v) is 1.79. The Hall–Kier alpha value is -0.0505. The van der Waals surface area contributed by atoms with E-state index in [0.29, 0.717) is 5.32 Å². The van der Waals surface area contributed by atoms with E-state index in [1.807, 2.05) is 0 Å². The van der Waals surface area contributed by atoms with Crippen LogP contribution in [0, 0.1) is 0 Å². The predicted molar refractivity (Wildman–Crippen MR) is 23.5 cm³/mol. The van der Waals surface area contributed by atoms with E-state index in [2.05, 4.69) is 16.0 Å². The summed E-state index contributed by atoms with van der Waals surface area (Å²) in [5, 5.41) is 9.98. The zero-order valence-corrected chi connectivity index (χ0v) is 5.30. The van der Waals surface area contributed by atoms with Crippen LogP contribution in [0.3, 0.4) is 0 Å². The van der Waals surface area contributed by atoms with Gasteiger partial charge < -0.3 is 0 Å². The second kappa shape index (κ2) is 3.02. The Morgan fingerprint density at radius 2 is 2.43 bits per heavy atom. The third kappa shape index (κ3) is 2.62. The number of carboxylic acid groups (broad SMARTS) is 1. The van der Waals surface area contributed by atoms with Gasteiger partial charge in [-0.1, -0.05) is 0 Å². The number of carbonyl (C=O) groups is 1. The van der Waals surface area contributed by atoms with Gasteiger partial charge in [-0.05, 0) is 0 Å². The first kappa shape index (κ1) is 6.95. The molecule has 0 rings (SSSR count). The molecule has 0 amide bonds. The first-order chi connectivity index (χ1) is 3.18. The molecule has 0 fully saturated rings. The minimum atomic E-state index is -1.21. The number of aliphatic carboxylic acids is 1. The molecule has 0 aromatic carbocycles. The van der Waals surface area contributed by atoms with Crippen molar-refractivity contribution >= 4 is 22.0 Å². The molecule has 2 N–H and O–H groups in total. The predicted octanol–water partition coefficient (Wildman–Crippen LogP) is -2.35. The Morgan fingerprint density at radius 3 is 2.43 bits per heavy atom. The molecule has 0 aliphatic rings. The summed E-state index contributed by atoms with van der Waals surface area (Å²) in [4.78, 5) is 9.67. The minimum absolute atomic E-state index is 0.308. The van der Waals surface area contributed by atoms with E-state index in [9.17, 15) is 9.90 Å². The molecule has 0 bridgehead atoms. The number of carboxylic acids is 1. The summed E-state index contributed by atoms with van der Waals surface area (Å²) in [5.41, 5.74) is 4.92. The zero-order chi connectivity index (χ0) is 5.86. The number of hydrogen-bond donors (Lipinski definition) is 1. The average Bonchev–Trinajstić information content (AvgIpc) is 1.65.